The highest BCUT2D eigenvalue weighted by atomic mass is 19.1. The lowest BCUT2D eigenvalue weighted by molar-refractivity contribution is -0.122. The highest BCUT2D eigenvalue weighted by Gasteiger charge is 2.13. The van der Waals surface area contributed by atoms with Crippen LogP contribution in [0.3, 0.4) is 0 Å². The van der Waals surface area contributed by atoms with Crippen LogP contribution in [0.4, 0.5) is 4.39 Å². The van der Waals surface area contributed by atoms with Crippen LogP contribution in [0.5, 0.6) is 0 Å². The monoisotopic (exact) mass is 327 g/mol. The van der Waals surface area contributed by atoms with E-state index in [9.17, 15) is 14.0 Å². The van der Waals surface area contributed by atoms with Crippen molar-refractivity contribution in [1.29, 1.82) is 0 Å². The van der Waals surface area contributed by atoms with Crippen LogP contribution < -0.4 is 11.1 Å². The molecule has 0 aliphatic heterocycles. The number of hydrogen-bond acceptors (Lipinski definition) is 4. The molecule has 0 aliphatic rings. The second-order valence-corrected chi connectivity index (χ2v) is 5.06. The van der Waals surface area contributed by atoms with Crippen LogP contribution in [-0.2, 0) is 17.9 Å². The molecule has 2 aromatic carbocycles. The quantitative estimate of drug-likeness (QED) is 0.777. The van der Waals surface area contributed by atoms with Gasteiger partial charge in [0, 0.05) is 17.7 Å². The van der Waals surface area contributed by atoms with E-state index in [1.165, 1.54) is 6.07 Å². The summed E-state index contributed by atoms with van der Waals surface area (Å²) in [4.78, 5) is 23.7. The van der Waals surface area contributed by atoms with Gasteiger partial charge in [0.25, 0.3) is 0 Å². The van der Waals surface area contributed by atoms with Gasteiger partial charge in [0.05, 0.1) is 0 Å². The number of aromatic nitrogens is 2. The van der Waals surface area contributed by atoms with Gasteiger partial charge in [0.15, 0.2) is 0 Å². The third-order valence-corrected chi connectivity index (χ3v) is 3.35. The lowest BCUT2D eigenvalue weighted by Gasteiger charge is -2.05. The summed E-state index contributed by atoms with van der Waals surface area (Å²) in [5.74, 6) is -1.45. The molecule has 0 unspecified atom stereocenters. The van der Waals surface area contributed by atoms with Gasteiger partial charge in [0.1, 0.15) is 12.4 Å². The Morgan fingerprint density at radius 3 is 2.58 bits per heavy atom. The Hall–Kier alpha value is -3.22. The minimum atomic E-state index is -0.727. The van der Waals surface area contributed by atoms with Gasteiger partial charge in [-0.05, 0) is 18.2 Å². The predicted octanol–water partition coefficient (Wildman–Crippen LogP) is 1.96. The molecule has 3 rings (SSSR count). The van der Waals surface area contributed by atoms with Crippen molar-refractivity contribution < 1.29 is 13.6 Å². The number of rotatable bonds is 5. The number of carbonyl (C=O) groups excluding carboxylic acids is 1. The topological polar surface area (TPSA) is 77.1 Å². The zero-order chi connectivity index (χ0) is 16.9. The summed E-state index contributed by atoms with van der Waals surface area (Å²) in [7, 11) is 0. The number of amides is 1. The summed E-state index contributed by atoms with van der Waals surface area (Å²) in [6.07, 6.45) is 0. The van der Waals surface area contributed by atoms with Crippen LogP contribution in [0.2, 0.25) is 0 Å². The molecule has 0 radical (unpaired) electrons. The molecule has 0 fully saturated rings. The number of carbonyl (C=O) groups is 1. The summed E-state index contributed by atoms with van der Waals surface area (Å²) in [6, 6.07) is 15.0. The molecule has 1 N–H and O–H groups in total. The highest BCUT2D eigenvalue weighted by Crippen LogP contribution is 2.13. The lowest BCUT2D eigenvalue weighted by Crippen LogP contribution is -2.31. The molecule has 0 saturated heterocycles. The molecule has 1 amide bonds. The van der Waals surface area contributed by atoms with E-state index >= 15 is 0 Å². The molecule has 3 aromatic rings. The van der Waals surface area contributed by atoms with Crippen LogP contribution in [-0.4, -0.2) is 15.7 Å². The lowest BCUT2D eigenvalue weighted by atomic mass is 10.2. The zero-order valence-corrected chi connectivity index (χ0v) is 12.6. The fourth-order valence-corrected chi connectivity index (χ4v) is 2.13. The van der Waals surface area contributed by atoms with Crippen LogP contribution in [0.15, 0.2) is 63.8 Å². The first kappa shape index (κ1) is 15.7. The fourth-order valence-electron chi connectivity index (χ4n) is 2.13. The number of nitrogens with one attached hydrogen (secondary N) is 1. The Bertz CT molecular complexity index is 903. The minimum Gasteiger partial charge on any atom is -0.388 e. The highest BCUT2D eigenvalue weighted by molar-refractivity contribution is 5.75. The van der Waals surface area contributed by atoms with E-state index in [2.05, 4.69) is 10.4 Å². The molecule has 7 heteroatoms. The molecule has 0 spiro atoms. The van der Waals surface area contributed by atoms with Crippen molar-refractivity contribution in [3.63, 3.8) is 0 Å². The molecule has 122 valence electrons. The Balaban J connectivity index is 1.66. The first-order chi connectivity index (χ1) is 11.6. The summed E-state index contributed by atoms with van der Waals surface area (Å²) in [5, 5.41) is 6.54. The van der Waals surface area contributed by atoms with Gasteiger partial charge in [-0.25, -0.2) is 9.18 Å². The van der Waals surface area contributed by atoms with Gasteiger partial charge in [-0.1, -0.05) is 36.4 Å². The Morgan fingerprint density at radius 1 is 1.12 bits per heavy atom. The maximum atomic E-state index is 13.5. The maximum Gasteiger partial charge on any atom is 0.437 e. The summed E-state index contributed by atoms with van der Waals surface area (Å²) < 4.78 is 19.5. The molecule has 1 heterocycles. The second kappa shape index (κ2) is 6.91. The number of hydrogen-bond donors (Lipinski definition) is 1. The Labute approximate surface area is 136 Å². The van der Waals surface area contributed by atoms with Crippen molar-refractivity contribution in [2.75, 3.05) is 0 Å². The van der Waals surface area contributed by atoms with E-state index in [0.717, 1.165) is 4.68 Å². The summed E-state index contributed by atoms with van der Waals surface area (Å²) >= 11 is 0. The molecule has 0 atom stereocenters. The smallest absolute Gasteiger partial charge is 0.388 e. The largest absolute Gasteiger partial charge is 0.437 e. The summed E-state index contributed by atoms with van der Waals surface area (Å²) in [5.41, 5.74) is 1.00. The predicted molar refractivity (Wildman–Crippen MR) is 84.4 cm³/mol. The molecule has 0 saturated carbocycles. The van der Waals surface area contributed by atoms with Crippen molar-refractivity contribution in [2.24, 2.45) is 0 Å². The number of nitrogens with zero attached hydrogens (tertiary/aromatic N) is 2. The first-order valence-electron chi connectivity index (χ1n) is 7.27. The summed E-state index contributed by atoms with van der Waals surface area (Å²) in [6.45, 7) is -0.271. The van der Waals surface area contributed by atoms with Crippen LogP contribution in [0.25, 0.3) is 11.5 Å². The van der Waals surface area contributed by atoms with Gasteiger partial charge >= 0.3 is 5.76 Å². The molecule has 0 bridgehead atoms. The van der Waals surface area contributed by atoms with Crippen molar-refractivity contribution >= 4 is 5.91 Å². The average Bonchev–Trinajstić information content (AvgIpc) is 2.96. The molecule has 1 aromatic heterocycles. The standard InChI is InChI=1S/C17H14FN3O3/c18-14-9-5-4-8-13(14)10-19-15(22)11-21-17(23)24-16(20-21)12-6-2-1-3-7-12/h1-9H,10-11H2,(H,19,22). The zero-order valence-electron chi connectivity index (χ0n) is 12.6. The SMILES string of the molecule is O=C(Cn1nc(-c2ccccc2)oc1=O)NCc1ccccc1F. The molecule has 24 heavy (non-hydrogen) atoms. The van der Waals surface area contributed by atoms with Gasteiger partial charge in [-0.15, -0.1) is 5.10 Å². The van der Waals surface area contributed by atoms with E-state index in [1.807, 2.05) is 6.07 Å². The van der Waals surface area contributed by atoms with E-state index in [0.29, 0.717) is 11.1 Å². The van der Waals surface area contributed by atoms with Gasteiger partial charge < -0.3 is 9.73 Å². The normalized spacial score (nSPS) is 10.5. The third-order valence-electron chi connectivity index (χ3n) is 3.35. The second-order valence-electron chi connectivity index (χ2n) is 5.06. The van der Waals surface area contributed by atoms with E-state index in [-0.39, 0.29) is 19.0 Å². The average molecular weight is 327 g/mol. The number of halogens is 1. The van der Waals surface area contributed by atoms with Gasteiger partial charge in [0.2, 0.25) is 11.8 Å². The van der Waals surface area contributed by atoms with E-state index in [1.54, 1.807) is 42.5 Å². The van der Waals surface area contributed by atoms with Crippen molar-refractivity contribution in [2.45, 2.75) is 13.1 Å². The van der Waals surface area contributed by atoms with Crippen molar-refractivity contribution in [3.05, 3.63) is 76.5 Å². The third kappa shape index (κ3) is 3.57. The Morgan fingerprint density at radius 2 is 1.83 bits per heavy atom. The molecular formula is C17H14FN3O3. The Kier molecular flexibility index (Phi) is 4.51. The van der Waals surface area contributed by atoms with Crippen LogP contribution in [0, 0.1) is 5.82 Å². The fraction of sp³-hybridized carbons (Fsp3) is 0.118. The minimum absolute atomic E-state index is 0.0314. The maximum absolute atomic E-state index is 13.5. The first-order valence-corrected chi connectivity index (χ1v) is 7.27. The van der Waals surface area contributed by atoms with E-state index < -0.39 is 17.5 Å². The van der Waals surface area contributed by atoms with Gasteiger partial charge in [-0.3, -0.25) is 4.79 Å². The molecule has 0 aliphatic carbocycles. The van der Waals surface area contributed by atoms with Gasteiger partial charge in [-0.2, -0.15) is 4.68 Å². The van der Waals surface area contributed by atoms with Crippen molar-refractivity contribution in [3.8, 4) is 11.5 Å². The van der Waals surface area contributed by atoms with E-state index in [4.69, 9.17) is 4.42 Å². The molecular weight excluding hydrogens is 313 g/mol. The number of benzene rings is 2. The van der Waals surface area contributed by atoms with Crippen molar-refractivity contribution in [1.82, 2.24) is 15.1 Å². The van der Waals surface area contributed by atoms with Crippen LogP contribution in [0.1, 0.15) is 5.56 Å². The molecule has 6 nitrogen and oxygen atoms in total. The van der Waals surface area contributed by atoms with Crippen LogP contribution >= 0.6 is 0 Å².